The Hall–Kier alpha value is -1.32. The van der Waals surface area contributed by atoms with Crippen molar-refractivity contribution in [3.05, 3.63) is 17.5 Å². The lowest BCUT2D eigenvalue weighted by atomic mass is 10.1. The molecule has 2 heterocycles. The first kappa shape index (κ1) is 9.24. The molecular weight excluding hydrogens is 178 g/mol. The summed E-state index contributed by atoms with van der Waals surface area (Å²) in [5.41, 5.74) is 1.59. The lowest BCUT2D eigenvalue weighted by Gasteiger charge is -2.18. The summed E-state index contributed by atoms with van der Waals surface area (Å²) < 4.78 is 1.86. The smallest absolute Gasteiger partial charge is 0.272 e. The lowest BCUT2D eigenvalue weighted by Crippen LogP contribution is -2.31. The van der Waals surface area contributed by atoms with Crippen LogP contribution in [0.3, 0.4) is 0 Å². The Balaban J connectivity index is 2.45. The van der Waals surface area contributed by atoms with E-state index in [-0.39, 0.29) is 11.4 Å². The van der Waals surface area contributed by atoms with Crippen molar-refractivity contribution in [3.63, 3.8) is 0 Å². The van der Waals surface area contributed by atoms with Crippen LogP contribution in [0.1, 0.15) is 36.8 Å². The summed E-state index contributed by atoms with van der Waals surface area (Å²) >= 11 is 0. The molecule has 0 radical (unpaired) electrons. The molecule has 0 bridgehead atoms. The molecule has 0 aromatic carbocycles. The van der Waals surface area contributed by atoms with Crippen LogP contribution in [0.5, 0.6) is 0 Å². The van der Waals surface area contributed by atoms with Crippen LogP contribution in [0.2, 0.25) is 0 Å². The molecule has 0 saturated carbocycles. The maximum atomic E-state index is 11.4. The van der Waals surface area contributed by atoms with Crippen molar-refractivity contribution < 1.29 is 4.79 Å². The van der Waals surface area contributed by atoms with Crippen LogP contribution < -0.4 is 5.32 Å². The number of rotatable bonds is 0. The first-order chi connectivity index (χ1) is 6.48. The van der Waals surface area contributed by atoms with Gasteiger partial charge in [0.15, 0.2) is 5.69 Å². The van der Waals surface area contributed by atoms with Gasteiger partial charge in [0.1, 0.15) is 0 Å². The maximum Gasteiger partial charge on any atom is 0.272 e. The van der Waals surface area contributed by atoms with Crippen molar-refractivity contribution in [2.45, 2.75) is 32.7 Å². The van der Waals surface area contributed by atoms with Gasteiger partial charge in [0.2, 0.25) is 0 Å². The number of carbonyl (C=O) groups is 1. The van der Waals surface area contributed by atoms with Crippen molar-refractivity contribution >= 4 is 5.91 Å². The van der Waals surface area contributed by atoms with Gasteiger partial charge in [-0.05, 0) is 27.2 Å². The second-order valence-corrected chi connectivity index (χ2v) is 4.62. The summed E-state index contributed by atoms with van der Waals surface area (Å²) in [5.74, 6) is -0.0470. The predicted molar refractivity (Wildman–Crippen MR) is 53.3 cm³/mol. The van der Waals surface area contributed by atoms with Crippen molar-refractivity contribution in [1.82, 2.24) is 15.1 Å². The van der Waals surface area contributed by atoms with Gasteiger partial charge in [-0.3, -0.25) is 9.48 Å². The number of amides is 1. The minimum atomic E-state index is -0.0579. The molecular formula is C10H15N3O. The Kier molecular flexibility index (Phi) is 1.87. The van der Waals surface area contributed by atoms with Gasteiger partial charge in [0, 0.05) is 18.3 Å². The number of nitrogens with zero attached hydrogens (tertiary/aromatic N) is 2. The van der Waals surface area contributed by atoms with Crippen molar-refractivity contribution in [2.24, 2.45) is 0 Å². The van der Waals surface area contributed by atoms with Gasteiger partial charge < -0.3 is 5.32 Å². The van der Waals surface area contributed by atoms with Gasteiger partial charge in [-0.2, -0.15) is 5.10 Å². The zero-order valence-electron chi connectivity index (χ0n) is 8.79. The van der Waals surface area contributed by atoms with E-state index in [1.54, 1.807) is 0 Å². The third kappa shape index (κ3) is 1.41. The average Bonchev–Trinajstić information content (AvgIpc) is 2.48. The summed E-state index contributed by atoms with van der Waals surface area (Å²) in [5, 5.41) is 7.10. The van der Waals surface area contributed by atoms with Crippen molar-refractivity contribution in [3.8, 4) is 0 Å². The molecule has 1 aliphatic rings. The molecule has 0 spiro atoms. The second kappa shape index (κ2) is 2.83. The van der Waals surface area contributed by atoms with Gasteiger partial charge in [0.25, 0.3) is 5.91 Å². The van der Waals surface area contributed by atoms with E-state index in [0.29, 0.717) is 5.69 Å². The molecule has 0 atom stereocenters. The molecule has 0 fully saturated rings. The van der Waals surface area contributed by atoms with Gasteiger partial charge >= 0.3 is 0 Å². The SMILES string of the molecule is CC(C)(C)n1cc2c(n1)C(=O)NCC2. The molecule has 76 valence electrons. The highest BCUT2D eigenvalue weighted by Gasteiger charge is 2.24. The van der Waals surface area contributed by atoms with E-state index in [9.17, 15) is 4.79 Å². The number of fused-ring (bicyclic) bond motifs is 1. The fourth-order valence-corrected chi connectivity index (χ4v) is 1.52. The molecule has 0 saturated heterocycles. The molecule has 2 rings (SSSR count). The summed E-state index contributed by atoms with van der Waals surface area (Å²) in [4.78, 5) is 11.4. The Morgan fingerprint density at radius 2 is 2.21 bits per heavy atom. The monoisotopic (exact) mass is 193 g/mol. The number of aromatic nitrogens is 2. The number of carbonyl (C=O) groups excluding carboxylic acids is 1. The summed E-state index contributed by atoms with van der Waals surface area (Å²) in [6, 6.07) is 0. The van der Waals surface area contributed by atoms with Gasteiger partial charge in [-0.25, -0.2) is 0 Å². The highest BCUT2D eigenvalue weighted by atomic mass is 16.2. The van der Waals surface area contributed by atoms with E-state index in [4.69, 9.17) is 0 Å². The van der Waals surface area contributed by atoms with E-state index in [2.05, 4.69) is 31.2 Å². The van der Waals surface area contributed by atoms with Crippen LogP contribution in [0.25, 0.3) is 0 Å². The minimum absolute atomic E-state index is 0.0470. The van der Waals surface area contributed by atoms with E-state index >= 15 is 0 Å². The highest BCUT2D eigenvalue weighted by Crippen LogP contribution is 2.18. The van der Waals surface area contributed by atoms with Gasteiger partial charge in [-0.15, -0.1) is 0 Å². The molecule has 1 aliphatic heterocycles. The third-order valence-electron chi connectivity index (χ3n) is 2.37. The van der Waals surface area contributed by atoms with Crippen LogP contribution in [0.4, 0.5) is 0 Å². The number of hydrogen-bond donors (Lipinski definition) is 1. The summed E-state index contributed by atoms with van der Waals surface area (Å²) in [6.07, 6.45) is 2.87. The molecule has 1 aromatic heterocycles. The first-order valence-electron chi connectivity index (χ1n) is 4.86. The van der Waals surface area contributed by atoms with Crippen LogP contribution in [-0.4, -0.2) is 22.2 Å². The van der Waals surface area contributed by atoms with Crippen LogP contribution in [0.15, 0.2) is 6.20 Å². The van der Waals surface area contributed by atoms with Crippen LogP contribution in [-0.2, 0) is 12.0 Å². The Labute approximate surface area is 83.3 Å². The van der Waals surface area contributed by atoms with Gasteiger partial charge in [0.05, 0.1) is 5.54 Å². The van der Waals surface area contributed by atoms with E-state index in [1.165, 1.54) is 0 Å². The number of hydrogen-bond acceptors (Lipinski definition) is 2. The average molecular weight is 193 g/mol. The largest absolute Gasteiger partial charge is 0.350 e. The third-order valence-corrected chi connectivity index (χ3v) is 2.37. The Bertz CT molecular complexity index is 373. The predicted octanol–water partition coefficient (Wildman–Crippen LogP) is 0.924. The molecule has 1 aromatic rings. The molecule has 1 N–H and O–H groups in total. The van der Waals surface area contributed by atoms with Gasteiger partial charge in [-0.1, -0.05) is 0 Å². The zero-order chi connectivity index (χ0) is 10.3. The molecule has 0 unspecified atom stereocenters. The molecule has 4 nitrogen and oxygen atoms in total. The zero-order valence-corrected chi connectivity index (χ0v) is 8.79. The lowest BCUT2D eigenvalue weighted by molar-refractivity contribution is 0.0939. The molecule has 14 heavy (non-hydrogen) atoms. The van der Waals surface area contributed by atoms with E-state index in [1.807, 2.05) is 10.9 Å². The van der Waals surface area contributed by atoms with E-state index in [0.717, 1.165) is 18.5 Å². The number of nitrogens with one attached hydrogen (secondary N) is 1. The second-order valence-electron chi connectivity index (χ2n) is 4.62. The Morgan fingerprint density at radius 3 is 2.79 bits per heavy atom. The summed E-state index contributed by atoms with van der Waals surface area (Å²) in [7, 11) is 0. The fraction of sp³-hybridized carbons (Fsp3) is 0.600. The van der Waals surface area contributed by atoms with Crippen LogP contribution >= 0.6 is 0 Å². The highest BCUT2D eigenvalue weighted by molar-refractivity contribution is 5.94. The summed E-state index contributed by atoms with van der Waals surface area (Å²) in [6.45, 7) is 6.94. The van der Waals surface area contributed by atoms with Crippen LogP contribution in [0, 0.1) is 0 Å². The van der Waals surface area contributed by atoms with E-state index < -0.39 is 0 Å². The normalized spacial score (nSPS) is 16.4. The maximum absolute atomic E-state index is 11.4. The Morgan fingerprint density at radius 1 is 1.50 bits per heavy atom. The standard InChI is InChI=1S/C10H15N3O/c1-10(2,3)13-6-7-4-5-11-9(14)8(7)12-13/h6H,4-5H2,1-3H3,(H,11,14). The molecule has 0 aliphatic carbocycles. The van der Waals surface area contributed by atoms with Crippen molar-refractivity contribution in [1.29, 1.82) is 0 Å². The quantitative estimate of drug-likeness (QED) is 0.666. The fourth-order valence-electron chi connectivity index (χ4n) is 1.52. The molecule has 1 amide bonds. The van der Waals surface area contributed by atoms with Crippen molar-refractivity contribution in [2.75, 3.05) is 6.54 Å². The topological polar surface area (TPSA) is 46.9 Å². The minimum Gasteiger partial charge on any atom is -0.350 e. The molecule has 4 heteroatoms. The first-order valence-corrected chi connectivity index (χ1v) is 4.86.